The summed E-state index contributed by atoms with van der Waals surface area (Å²) < 4.78 is 0. The lowest BCUT2D eigenvalue weighted by Gasteiger charge is -2.00. The number of hydrogen-bond donors (Lipinski definition) is 0. The highest BCUT2D eigenvalue weighted by Crippen LogP contribution is 2.16. The fourth-order valence-corrected chi connectivity index (χ4v) is 2.26. The average Bonchev–Trinajstić information content (AvgIpc) is 2.29. The van der Waals surface area contributed by atoms with Crippen molar-refractivity contribution in [1.82, 2.24) is 4.98 Å². The Morgan fingerprint density at radius 3 is 2.43 bits per heavy atom. The minimum absolute atomic E-state index is 0.771. The zero-order valence-electron chi connectivity index (χ0n) is 7.85. The Labute approximate surface area is 86.0 Å². The Morgan fingerprint density at radius 1 is 0.929 bits per heavy atom. The van der Waals surface area contributed by atoms with Gasteiger partial charge in [-0.25, -0.2) is 0 Å². The van der Waals surface area contributed by atoms with Crippen LogP contribution in [0.3, 0.4) is 0 Å². The topological polar surface area (TPSA) is 12.9 Å². The third-order valence-corrected chi connectivity index (χ3v) is 3.22. The highest BCUT2D eigenvalue weighted by Gasteiger charge is 1.94. The highest BCUT2D eigenvalue weighted by molar-refractivity contribution is 7.46. The van der Waals surface area contributed by atoms with Crippen molar-refractivity contribution >= 4 is 14.0 Å². The van der Waals surface area contributed by atoms with E-state index in [1.807, 2.05) is 24.4 Å². The monoisotopic (exact) mass is 201 g/mol. The number of nitrogens with zero attached hydrogens (tertiary/aromatic N) is 1. The number of aromatic nitrogens is 1. The van der Waals surface area contributed by atoms with Crippen LogP contribution in [-0.2, 0) is 6.16 Å². The molecule has 1 nitrogen and oxygen atoms in total. The second-order valence-electron chi connectivity index (χ2n) is 3.05. The van der Waals surface area contributed by atoms with Crippen LogP contribution >= 0.6 is 8.58 Å². The molecule has 1 aromatic heterocycles. The molecule has 1 atom stereocenters. The highest BCUT2D eigenvalue weighted by atomic mass is 31.1. The second kappa shape index (κ2) is 4.88. The average molecular weight is 201 g/mol. The normalized spacial score (nSPS) is 10.9. The number of hydrogen-bond acceptors (Lipinski definition) is 1. The SMILES string of the molecule is c1ccc(CPc2ccccn2)cc1. The van der Waals surface area contributed by atoms with E-state index >= 15 is 0 Å². The maximum Gasteiger partial charge on any atom is 0.0603 e. The molecule has 1 heterocycles. The van der Waals surface area contributed by atoms with E-state index in [0.29, 0.717) is 0 Å². The van der Waals surface area contributed by atoms with Gasteiger partial charge in [-0.05, 0) is 23.9 Å². The Morgan fingerprint density at radius 2 is 1.71 bits per heavy atom. The van der Waals surface area contributed by atoms with Gasteiger partial charge in [-0.2, -0.15) is 0 Å². The van der Waals surface area contributed by atoms with E-state index in [9.17, 15) is 0 Å². The van der Waals surface area contributed by atoms with Crippen LogP contribution in [0.2, 0.25) is 0 Å². The Kier molecular flexibility index (Phi) is 3.26. The molecule has 1 aromatic carbocycles. The summed E-state index contributed by atoms with van der Waals surface area (Å²) in [5.74, 6) is 0. The summed E-state index contributed by atoms with van der Waals surface area (Å²) >= 11 is 0. The first kappa shape index (κ1) is 9.36. The summed E-state index contributed by atoms with van der Waals surface area (Å²) in [6.07, 6.45) is 2.95. The Hall–Kier alpha value is -1.20. The molecule has 0 aliphatic rings. The fourth-order valence-electron chi connectivity index (χ4n) is 1.26. The van der Waals surface area contributed by atoms with Gasteiger partial charge >= 0.3 is 0 Å². The zero-order chi connectivity index (χ0) is 9.64. The van der Waals surface area contributed by atoms with Gasteiger partial charge in [0.1, 0.15) is 0 Å². The molecule has 0 radical (unpaired) electrons. The molecule has 0 spiro atoms. The maximum absolute atomic E-state index is 4.31. The van der Waals surface area contributed by atoms with Gasteiger partial charge in [0.2, 0.25) is 0 Å². The lowest BCUT2D eigenvalue weighted by molar-refractivity contribution is 1.37. The first-order valence-electron chi connectivity index (χ1n) is 4.64. The number of rotatable bonds is 3. The van der Waals surface area contributed by atoms with Crippen LogP contribution in [0, 0.1) is 0 Å². The fraction of sp³-hybridized carbons (Fsp3) is 0.0833. The molecule has 0 amide bonds. The molecular weight excluding hydrogens is 189 g/mol. The quantitative estimate of drug-likeness (QED) is 0.695. The van der Waals surface area contributed by atoms with Gasteiger partial charge in [-0.1, -0.05) is 45.0 Å². The first-order chi connectivity index (χ1) is 6.95. The van der Waals surface area contributed by atoms with E-state index in [2.05, 4.69) is 35.3 Å². The maximum atomic E-state index is 4.31. The lowest BCUT2D eigenvalue weighted by Crippen LogP contribution is -1.98. The largest absolute Gasteiger partial charge is 0.257 e. The third-order valence-electron chi connectivity index (χ3n) is 1.98. The van der Waals surface area contributed by atoms with Crippen molar-refractivity contribution in [3.8, 4) is 0 Å². The summed E-state index contributed by atoms with van der Waals surface area (Å²) in [7, 11) is 0.771. The van der Waals surface area contributed by atoms with Crippen molar-refractivity contribution in [1.29, 1.82) is 0 Å². The molecule has 0 fully saturated rings. The van der Waals surface area contributed by atoms with Gasteiger partial charge in [-0.3, -0.25) is 4.98 Å². The smallest absolute Gasteiger partial charge is 0.0603 e. The zero-order valence-corrected chi connectivity index (χ0v) is 8.85. The molecule has 0 bridgehead atoms. The van der Waals surface area contributed by atoms with Crippen molar-refractivity contribution in [2.45, 2.75) is 6.16 Å². The molecular formula is C12H12NP. The van der Waals surface area contributed by atoms with Gasteiger partial charge in [-0.15, -0.1) is 0 Å². The van der Waals surface area contributed by atoms with Crippen LogP contribution < -0.4 is 5.44 Å². The van der Waals surface area contributed by atoms with Crippen LogP contribution in [0.15, 0.2) is 54.7 Å². The van der Waals surface area contributed by atoms with Gasteiger partial charge in [0.15, 0.2) is 0 Å². The summed E-state index contributed by atoms with van der Waals surface area (Å²) in [6, 6.07) is 16.6. The minimum Gasteiger partial charge on any atom is -0.257 e. The van der Waals surface area contributed by atoms with Crippen LogP contribution in [0.5, 0.6) is 0 Å². The van der Waals surface area contributed by atoms with Crippen LogP contribution in [0.1, 0.15) is 5.56 Å². The Balaban J connectivity index is 1.96. The van der Waals surface area contributed by atoms with Gasteiger partial charge in [0.05, 0.1) is 5.44 Å². The third kappa shape index (κ3) is 2.65. The summed E-state index contributed by atoms with van der Waals surface area (Å²) in [6.45, 7) is 0. The second-order valence-corrected chi connectivity index (χ2v) is 4.27. The molecule has 2 aromatic rings. The van der Waals surface area contributed by atoms with Gasteiger partial charge in [0.25, 0.3) is 0 Å². The van der Waals surface area contributed by atoms with E-state index in [1.165, 1.54) is 11.0 Å². The molecule has 70 valence electrons. The molecule has 14 heavy (non-hydrogen) atoms. The molecule has 0 saturated carbocycles. The molecule has 2 rings (SSSR count). The predicted molar refractivity (Wildman–Crippen MR) is 62.3 cm³/mol. The molecule has 2 heteroatoms. The van der Waals surface area contributed by atoms with Crippen molar-refractivity contribution in [2.75, 3.05) is 0 Å². The van der Waals surface area contributed by atoms with Crippen LogP contribution in [0.25, 0.3) is 0 Å². The van der Waals surface area contributed by atoms with Crippen molar-refractivity contribution in [2.24, 2.45) is 0 Å². The first-order valence-corrected chi connectivity index (χ1v) is 5.85. The van der Waals surface area contributed by atoms with E-state index in [4.69, 9.17) is 0 Å². The molecule has 0 saturated heterocycles. The summed E-state index contributed by atoms with van der Waals surface area (Å²) in [4.78, 5) is 4.31. The predicted octanol–water partition coefficient (Wildman–Crippen LogP) is 2.59. The number of benzene rings is 1. The van der Waals surface area contributed by atoms with E-state index < -0.39 is 0 Å². The summed E-state index contributed by atoms with van der Waals surface area (Å²) in [5.41, 5.74) is 2.58. The molecule has 0 N–H and O–H groups in total. The van der Waals surface area contributed by atoms with Gasteiger partial charge in [0, 0.05) is 6.20 Å². The van der Waals surface area contributed by atoms with Crippen LogP contribution in [-0.4, -0.2) is 4.98 Å². The molecule has 0 aliphatic heterocycles. The molecule has 0 aliphatic carbocycles. The van der Waals surface area contributed by atoms with Crippen LogP contribution in [0.4, 0.5) is 0 Å². The van der Waals surface area contributed by atoms with Crippen molar-refractivity contribution in [3.63, 3.8) is 0 Å². The van der Waals surface area contributed by atoms with E-state index in [-0.39, 0.29) is 0 Å². The van der Waals surface area contributed by atoms with Crippen molar-refractivity contribution < 1.29 is 0 Å². The Bertz CT molecular complexity index is 333. The summed E-state index contributed by atoms with van der Waals surface area (Å²) in [5, 5.41) is 0. The standard InChI is InChI=1S/C12H12NP/c1-2-6-11(7-3-1)10-14-12-8-4-5-9-13-12/h1-9,14H,10H2. The lowest BCUT2D eigenvalue weighted by atomic mass is 10.2. The van der Waals surface area contributed by atoms with E-state index in [1.54, 1.807) is 0 Å². The number of pyridine rings is 1. The molecule has 1 unspecified atom stereocenters. The minimum atomic E-state index is 0.771. The van der Waals surface area contributed by atoms with Crippen molar-refractivity contribution in [3.05, 3.63) is 60.3 Å². The van der Waals surface area contributed by atoms with E-state index in [0.717, 1.165) is 14.7 Å². The van der Waals surface area contributed by atoms with Gasteiger partial charge < -0.3 is 0 Å².